The van der Waals surface area contributed by atoms with Gasteiger partial charge in [0.25, 0.3) is 0 Å². The molecule has 2 aromatic rings. The van der Waals surface area contributed by atoms with E-state index in [-0.39, 0.29) is 13.0 Å². The van der Waals surface area contributed by atoms with Crippen molar-refractivity contribution in [2.24, 2.45) is 0 Å². The molecule has 0 radical (unpaired) electrons. The zero-order valence-electron chi connectivity index (χ0n) is 12.5. The summed E-state index contributed by atoms with van der Waals surface area (Å²) < 4.78 is 5.04. The highest BCUT2D eigenvalue weighted by atomic mass is 16.5. The van der Waals surface area contributed by atoms with Gasteiger partial charge in [-0.2, -0.15) is 0 Å². The number of alkyl carbamates (subject to hydrolysis) is 1. The minimum absolute atomic E-state index is 0.101. The van der Waals surface area contributed by atoms with Gasteiger partial charge < -0.3 is 15.2 Å². The minimum Gasteiger partial charge on any atom is -0.480 e. The van der Waals surface area contributed by atoms with Crippen molar-refractivity contribution >= 4 is 12.1 Å². The Hall–Kier alpha value is -2.89. The van der Waals surface area contributed by atoms with Gasteiger partial charge in [-0.15, -0.1) is 0 Å². The lowest BCUT2D eigenvalue weighted by Crippen LogP contribution is -2.41. The number of hydrogen-bond acceptors (Lipinski definition) is 4. The van der Waals surface area contributed by atoms with E-state index in [0.29, 0.717) is 6.42 Å². The average molecular weight is 314 g/mol. The van der Waals surface area contributed by atoms with Gasteiger partial charge in [0, 0.05) is 12.4 Å². The summed E-state index contributed by atoms with van der Waals surface area (Å²) in [5.41, 5.74) is 1.80. The molecule has 120 valence electrons. The SMILES string of the molecule is O=C(NC(CCc1ccncc1)C(=O)O)OCc1ccccc1. The number of pyridine rings is 1. The first-order chi connectivity index (χ1) is 11.1. The van der Waals surface area contributed by atoms with Gasteiger partial charge in [0.2, 0.25) is 0 Å². The Morgan fingerprint density at radius 3 is 2.43 bits per heavy atom. The molecule has 1 atom stereocenters. The molecular weight excluding hydrogens is 296 g/mol. The van der Waals surface area contributed by atoms with Crippen LogP contribution in [-0.4, -0.2) is 28.2 Å². The molecule has 1 unspecified atom stereocenters. The van der Waals surface area contributed by atoms with Crippen molar-refractivity contribution < 1.29 is 19.4 Å². The summed E-state index contributed by atoms with van der Waals surface area (Å²) in [5.74, 6) is -1.09. The molecule has 1 heterocycles. The van der Waals surface area contributed by atoms with Crippen LogP contribution in [0.3, 0.4) is 0 Å². The topological polar surface area (TPSA) is 88.5 Å². The standard InChI is InChI=1S/C17H18N2O4/c20-16(21)15(7-6-13-8-10-18-11-9-13)19-17(22)23-12-14-4-2-1-3-5-14/h1-5,8-11,15H,6-7,12H2,(H,19,22)(H,20,21). The molecule has 1 amide bonds. The van der Waals surface area contributed by atoms with E-state index in [1.807, 2.05) is 42.5 Å². The lowest BCUT2D eigenvalue weighted by atomic mass is 10.1. The summed E-state index contributed by atoms with van der Waals surface area (Å²) in [7, 11) is 0. The van der Waals surface area contributed by atoms with E-state index in [1.54, 1.807) is 12.4 Å². The van der Waals surface area contributed by atoms with Gasteiger partial charge in [-0.1, -0.05) is 30.3 Å². The Kier molecular flexibility index (Phi) is 6.11. The predicted molar refractivity (Wildman–Crippen MR) is 83.7 cm³/mol. The summed E-state index contributed by atoms with van der Waals surface area (Å²) in [6, 6.07) is 11.8. The van der Waals surface area contributed by atoms with Crippen LogP contribution in [0.4, 0.5) is 4.79 Å². The number of benzene rings is 1. The number of carboxylic acids is 1. The maximum atomic E-state index is 11.7. The van der Waals surface area contributed by atoms with Gasteiger partial charge in [0.1, 0.15) is 12.6 Å². The first-order valence-corrected chi connectivity index (χ1v) is 7.24. The van der Waals surface area contributed by atoms with Crippen LogP contribution >= 0.6 is 0 Å². The number of aromatic nitrogens is 1. The number of hydrogen-bond donors (Lipinski definition) is 2. The second kappa shape index (κ2) is 8.53. The predicted octanol–water partition coefficient (Wildman–Crippen LogP) is 2.39. The van der Waals surface area contributed by atoms with Crippen LogP contribution < -0.4 is 5.32 Å². The Morgan fingerprint density at radius 1 is 1.09 bits per heavy atom. The van der Waals surface area contributed by atoms with Crippen LogP contribution in [0.15, 0.2) is 54.9 Å². The van der Waals surface area contributed by atoms with Gasteiger partial charge in [0.15, 0.2) is 0 Å². The van der Waals surface area contributed by atoms with Gasteiger partial charge in [-0.3, -0.25) is 4.98 Å². The van der Waals surface area contributed by atoms with Crippen molar-refractivity contribution in [3.63, 3.8) is 0 Å². The van der Waals surface area contributed by atoms with Crippen molar-refractivity contribution in [2.45, 2.75) is 25.5 Å². The molecule has 6 nitrogen and oxygen atoms in total. The molecule has 0 saturated heterocycles. The molecule has 0 aliphatic rings. The quantitative estimate of drug-likeness (QED) is 0.819. The highest BCUT2D eigenvalue weighted by molar-refractivity contribution is 5.79. The van der Waals surface area contributed by atoms with E-state index in [9.17, 15) is 14.7 Å². The number of nitrogens with one attached hydrogen (secondary N) is 1. The van der Waals surface area contributed by atoms with Gasteiger partial charge >= 0.3 is 12.1 Å². The molecule has 0 saturated carbocycles. The molecule has 0 fully saturated rings. The van der Waals surface area contributed by atoms with E-state index in [2.05, 4.69) is 10.3 Å². The van der Waals surface area contributed by atoms with E-state index >= 15 is 0 Å². The molecule has 6 heteroatoms. The molecule has 0 aliphatic carbocycles. The first-order valence-electron chi connectivity index (χ1n) is 7.24. The summed E-state index contributed by atoms with van der Waals surface area (Å²) >= 11 is 0. The number of carbonyl (C=O) groups is 2. The maximum Gasteiger partial charge on any atom is 0.408 e. The summed E-state index contributed by atoms with van der Waals surface area (Å²) in [6.45, 7) is 0.101. The number of rotatable bonds is 7. The normalized spacial score (nSPS) is 11.5. The third-order valence-electron chi connectivity index (χ3n) is 3.27. The zero-order chi connectivity index (χ0) is 16.5. The fourth-order valence-corrected chi connectivity index (χ4v) is 2.02. The van der Waals surface area contributed by atoms with Gasteiger partial charge in [-0.25, -0.2) is 9.59 Å². The second-order valence-corrected chi connectivity index (χ2v) is 4.99. The monoisotopic (exact) mass is 314 g/mol. The van der Waals surface area contributed by atoms with Gasteiger partial charge in [-0.05, 0) is 36.1 Å². The van der Waals surface area contributed by atoms with Crippen molar-refractivity contribution in [1.82, 2.24) is 10.3 Å². The molecule has 23 heavy (non-hydrogen) atoms. The van der Waals surface area contributed by atoms with Crippen molar-refractivity contribution in [2.75, 3.05) is 0 Å². The molecule has 1 aromatic carbocycles. The summed E-state index contributed by atoms with van der Waals surface area (Å²) in [5, 5.41) is 11.6. The Bertz CT molecular complexity index is 632. The maximum absolute atomic E-state index is 11.7. The van der Waals surface area contributed by atoms with Crippen LogP contribution in [-0.2, 0) is 22.6 Å². The fraction of sp³-hybridized carbons (Fsp3) is 0.235. The van der Waals surface area contributed by atoms with Crippen LogP contribution in [0.1, 0.15) is 17.5 Å². The lowest BCUT2D eigenvalue weighted by molar-refractivity contribution is -0.139. The third kappa shape index (κ3) is 5.78. The van der Waals surface area contributed by atoms with E-state index < -0.39 is 18.1 Å². The second-order valence-electron chi connectivity index (χ2n) is 4.99. The molecule has 0 aliphatic heterocycles. The van der Waals surface area contributed by atoms with Crippen molar-refractivity contribution in [3.05, 3.63) is 66.0 Å². The number of amides is 1. The van der Waals surface area contributed by atoms with E-state index in [0.717, 1.165) is 11.1 Å². The molecule has 0 spiro atoms. The highest BCUT2D eigenvalue weighted by Gasteiger charge is 2.20. The zero-order valence-corrected chi connectivity index (χ0v) is 12.5. The van der Waals surface area contributed by atoms with Crippen LogP contribution in [0.2, 0.25) is 0 Å². The molecule has 2 N–H and O–H groups in total. The van der Waals surface area contributed by atoms with E-state index in [1.165, 1.54) is 0 Å². The molecular formula is C17H18N2O4. The highest BCUT2D eigenvalue weighted by Crippen LogP contribution is 2.05. The molecule has 1 aromatic heterocycles. The first kappa shape index (κ1) is 16.5. The van der Waals surface area contributed by atoms with Crippen LogP contribution in [0.25, 0.3) is 0 Å². The van der Waals surface area contributed by atoms with E-state index in [4.69, 9.17) is 4.74 Å². The number of carbonyl (C=O) groups excluding carboxylic acids is 1. The van der Waals surface area contributed by atoms with Crippen LogP contribution in [0, 0.1) is 0 Å². The lowest BCUT2D eigenvalue weighted by Gasteiger charge is -2.14. The number of aryl methyl sites for hydroxylation is 1. The number of aliphatic carboxylic acids is 1. The summed E-state index contributed by atoms with van der Waals surface area (Å²) in [4.78, 5) is 26.9. The van der Waals surface area contributed by atoms with Gasteiger partial charge in [0.05, 0.1) is 0 Å². The Balaban J connectivity index is 1.81. The smallest absolute Gasteiger partial charge is 0.408 e. The average Bonchev–Trinajstić information content (AvgIpc) is 2.58. The molecule has 0 bridgehead atoms. The third-order valence-corrected chi connectivity index (χ3v) is 3.27. The Morgan fingerprint density at radius 2 is 1.78 bits per heavy atom. The number of carboxylic acid groups (broad SMARTS) is 1. The summed E-state index contributed by atoms with van der Waals surface area (Å²) in [6.07, 6.45) is 3.35. The van der Waals surface area contributed by atoms with Crippen molar-refractivity contribution in [3.8, 4) is 0 Å². The van der Waals surface area contributed by atoms with Crippen molar-refractivity contribution in [1.29, 1.82) is 0 Å². The largest absolute Gasteiger partial charge is 0.480 e. The fourth-order valence-electron chi connectivity index (χ4n) is 2.02. The minimum atomic E-state index is -1.09. The number of nitrogens with zero attached hydrogens (tertiary/aromatic N) is 1. The Labute approximate surface area is 134 Å². The number of ether oxygens (including phenoxy) is 1. The molecule has 2 rings (SSSR count). The van der Waals surface area contributed by atoms with Crippen LogP contribution in [0.5, 0.6) is 0 Å².